The molecule has 1 aromatic heterocycles. The van der Waals surface area contributed by atoms with Crippen molar-refractivity contribution in [3.8, 4) is 11.3 Å². The number of anilines is 1. The van der Waals surface area contributed by atoms with E-state index in [0.717, 1.165) is 36.9 Å². The largest absolute Gasteiger partial charge is 0.298 e. The van der Waals surface area contributed by atoms with Crippen LogP contribution in [0.25, 0.3) is 11.3 Å². The predicted molar refractivity (Wildman–Crippen MR) is 117 cm³/mol. The lowest BCUT2D eigenvalue weighted by atomic mass is 10.1. The average Bonchev–Trinajstić information content (AvgIpc) is 3.23. The summed E-state index contributed by atoms with van der Waals surface area (Å²) in [5, 5.41) is 5.20. The predicted octanol–water partition coefficient (Wildman–Crippen LogP) is 3.99. The Morgan fingerprint density at radius 3 is 2.73 bits per heavy atom. The lowest BCUT2D eigenvalue weighted by Crippen LogP contribution is -2.26. The van der Waals surface area contributed by atoms with Crippen molar-refractivity contribution in [3.63, 3.8) is 0 Å². The Morgan fingerprint density at radius 1 is 1.07 bits per heavy atom. The van der Waals surface area contributed by atoms with Gasteiger partial charge in [-0.25, -0.2) is 18.1 Å². The zero-order valence-electron chi connectivity index (χ0n) is 16.2. The maximum atomic E-state index is 12.7. The summed E-state index contributed by atoms with van der Waals surface area (Å²) in [5.74, 6) is -0.381. The van der Waals surface area contributed by atoms with E-state index in [-0.39, 0.29) is 22.4 Å². The molecule has 0 spiro atoms. The fraction of sp³-hybridized carbons (Fsp3) is 0.273. The van der Waals surface area contributed by atoms with Crippen LogP contribution in [-0.4, -0.2) is 25.4 Å². The summed E-state index contributed by atoms with van der Waals surface area (Å²) in [6.45, 7) is 0. The molecule has 0 atom stereocenters. The van der Waals surface area contributed by atoms with E-state index in [1.54, 1.807) is 12.1 Å². The molecule has 2 N–H and O–H groups in total. The van der Waals surface area contributed by atoms with E-state index >= 15 is 0 Å². The second-order valence-electron chi connectivity index (χ2n) is 7.75. The minimum absolute atomic E-state index is 0.0143. The molecule has 1 heterocycles. The van der Waals surface area contributed by atoms with E-state index in [1.807, 2.05) is 5.38 Å². The number of thiazole rings is 1. The molecule has 8 heteroatoms. The molecule has 0 aliphatic heterocycles. The van der Waals surface area contributed by atoms with Gasteiger partial charge in [0.2, 0.25) is 10.0 Å². The number of nitrogens with zero attached hydrogens (tertiary/aromatic N) is 1. The van der Waals surface area contributed by atoms with Gasteiger partial charge in [0.15, 0.2) is 5.13 Å². The van der Waals surface area contributed by atoms with E-state index in [4.69, 9.17) is 0 Å². The number of hydrogen-bond donors (Lipinski definition) is 2. The molecule has 0 saturated heterocycles. The Hall–Kier alpha value is -2.55. The SMILES string of the molecule is O=C(Nc1nc(-c2ccc3c(c2)CCC3)cs1)c1cccc(S(=O)(=O)NC2CC2)c1. The maximum absolute atomic E-state index is 12.7. The van der Waals surface area contributed by atoms with Crippen LogP contribution in [0.2, 0.25) is 0 Å². The van der Waals surface area contributed by atoms with E-state index in [0.29, 0.717) is 5.13 Å². The summed E-state index contributed by atoms with van der Waals surface area (Å²) in [6, 6.07) is 12.5. The molecule has 3 aromatic rings. The minimum Gasteiger partial charge on any atom is -0.298 e. The Morgan fingerprint density at radius 2 is 1.90 bits per heavy atom. The molecular weight excluding hydrogens is 418 g/mol. The number of benzene rings is 2. The fourth-order valence-electron chi connectivity index (χ4n) is 3.66. The average molecular weight is 440 g/mol. The van der Waals surface area contributed by atoms with Gasteiger partial charge in [0.25, 0.3) is 5.91 Å². The molecule has 5 rings (SSSR count). The number of sulfonamides is 1. The van der Waals surface area contributed by atoms with Crippen molar-refractivity contribution in [2.24, 2.45) is 0 Å². The molecule has 2 aliphatic carbocycles. The number of hydrogen-bond acceptors (Lipinski definition) is 5. The van der Waals surface area contributed by atoms with Crippen molar-refractivity contribution in [1.29, 1.82) is 0 Å². The van der Waals surface area contributed by atoms with Gasteiger partial charge in [-0.05, 0) is 67.5 Å². The minimum atomic E-state index is -3.61. The van der Waals surface area contributed by atoms with Crippen LogP contribution in [0.4, 0.5) is 5.13 Å². The van der Waals surface area contributed by atoms with Gasteiger partial charge in [0, 0.05) is 22.5 Å². The van der Waals surface area contributed by atoms with Crippen LogP contribution in [0.5, 0.6) is 0 Å². The van der Waals surface area contributed by atoms with Crippen LogP contribution in [0.3, 0.4) is 0 Å². The Kier molecular flexibility index (Phi) is 4.92. The highest BCUT2D eigenvalue weighted by Gasteiger charge is 2.28. The molecule has 6 nitrogen and oxygen atoms in total. The van der Waals surface area contributed by atoms with Gasteiger partial charge in [0.1, 0.15) is 0 Å². The first-order valence-electron chi connectivity index (χ1n) is 9.99. The molecule has 1 saturated carbocycles. The normalized spacial score (nSPS) is 15.7. The number of rotatable bonds is 6. The monoisotopic (exact) mass is 439 g/mol. The number of carbonyl (C=O) groups excluding carboxylic acids is 1. The zero-order valence-corrected chi connectivity index (χ0v) is 17.9. The summed E-state index contributed by atoms with van der Waals surface area (Å²) in [5.41, 5.74) is 4.95. The number of aromatic nitrogens is 1. The second-order valence-corrected chi connectivity index (χ2v) is 10.3. The lowest BCUT2D eigenvalue weighted by molar-refractivity contribution is 0.102. The van der Waals surface area contributed by atoms with Crippen LogP contribution in [0, 0.1) is 0 Å². The Balaban J connectivity index is 1.32. The molecule has 0 unspecified atom stereocenters. The highest BCUT2D eigenvalue weighted by atomic mass is 32.2. The molecule has 1 fully saturated rings. The Labute approximate surface area is 179 Å². The number of fused-ring (bicyclic) bond motifs is 1. The van der Waals surface area contributed by atoms with Crippen molar-refractivity contribution in [1.82, 2.24) is 9.71 Å². The van der Waals surface area contributed by atoms with Crippen LogP contribution in [0.1, 0.15) is 40.7 Å². The third-order valence-electron chi connectivity index (χ3n) is 5.42. The van der Waals surface area contributed by atoms with Gasteiger partial charge in [-0.1, -0.05) is 18.2 Å². The van der Waals surface area contributed by atoms with Crippen LogP contribution in [0.15, 0.2) is 52.7 Å². The molecule has 2 aromatic carbocycles. The highest BCUT2D eigenvalue weighted by Crippen LogP contribution is 2.30. The van der Waals surface area contributed by atoms with Crippen LogP contribution < -0.4 is 10.0 Å². The van der Waals surface area contributed by atoms with E-state index in [9.17, 15) is 13.2 Å². The highest BCUT2D eigenvalue weighted by molar-refractivity contribution is 7.89. The summed E-state index contributed by atoms with van der Waals surface area (Å²) >= 11 is 1.35. The first kappa shape index (κ1) is 19.4. The van der Waals surface area contributed by atoms with Crippen LogP contribution >= 0.6 is 11.3 Å². The summed E-state index contributed by atoms with van der Waals surface area (Å²) < 4.78 is 27.4. The molecule has 0 bridgehead atoms. The zero-order chi connectivity index (χ0) is 20.7. The third-order valence-corrected chi connectivity index (χ3v) is 7.70. The van der Waals surface area contributed by atoms with Gasteiger partial charge in [0.05, 0.1) is 10.6 Å². The maximum Gasteiger partial charge on any atom is 0.257 e. The van der Waals surface area contributed by atoms with Crippen molar-refractivity contribution in [2.75, 3.05) is 5.32 Å². The van der Waals surface area contributed by atoms with Crippen molar-refractivity contribution in [3.05, 3.63) is 64.5 Å². The van der Waals surface area contributed by atoms with Crippen molar-refractivity contribution in [2.45, 2.75) is 43.0 Å². The quantitative estimate of drug-likeness (QED) is 0.608. The van der Waals surface area contributed by atoms with E-state index < -0.39 is 10.0 Å². The van der Waals surface area contributed by atoms with Gasteiger partial charge in [-0.3, -0.25) is 10.1 Å². The first-order valence-corrected chi connectivity index (χ1v) is 12.4. The van der Waals surface area contributed by atoms with Gasteiger partial charge in [-0.15, -0.1) is 11.3 Å². The third kappa shape index (κ3) is 4.03. The van der Waals surface area contributed by atoms with E-state index in [2.05, 4.69) is 33.2 Å². The Bertz CT molecular complexity index is 1230. The van der Waals surface area contributed by atoms with Gasteiger partial charge >= 0.3 is 0 Å². The molecular formula is C22H21N3O3S2. The van der Waals surface area contributed by atoms with Crippen molar-refractivity contribution < 1.29 is 13.2 Å². The van der Waals surface area contributed by atoms with Gasteiger partial charge in [-0.2, -0.15) is 0 Å². The van der Waals surface area contributed by atoms with E-state index in [1.165, 1.54) is 41.0 Å². The standard InChI is InChI=1S/C22H21N3O3S2/c26-21(17-5-2-6-19(12-17)30(27,28)25-18-9-10-18)24-22-23-20(13-29-22)16-8-7-14-3-1-4-15(14)11-16/h2,5-8,11-13,18,25H,1,3-4,9-10H2,(H,23,24,26). The molecule has 1 amide bonds. The smallest absolute Gasteiger partial charge is 0.257 e. The number of aryl methyl sites for hydroxylation is 2. The first-order chi connectivity index (χ1) is 14.5. The second kappa shape index (κ2) is 7.61. The van der Waals surface area contributed by atoms with Crippen LogP contribution in [-0.2, 0) is 22.9 Å². The molecule has 154 valence electrons. The molecule has 0 radical (unpaired) electrons. The summed E-state index contributed by atoms with van der Waals surface area (Å²) in [4.78, 5) is 17.3. The van der Waals surface area contributed by atoms with Crippen molar-refractivity contribution >= 4 is 32.4 Å². The number of carbonyl (C=O) groups is 1. The fourth-order valence-corrected chi connectivity index (χ4v) is 5.72. The summed E-state index contributed by atoms with van der Waals surface area (Å²) in [7, 11) is -3.61. The lowest BCUT2D eigenvalue weighted by Gasteiger charge is -2.07. The summed E-state index contributed by atoms with van der Waals surface area (Å²) in [6.07, 6.45) is 5.15. The molecule has 2 aliphatic rings. The number of nitrogens with one attached hydrogen (secondary N) is 2. The van der Waals surface area contributed by atoms with Gasteiger partial charge < -0.3 is 0 Å². The molecule has 30 heavy (non-hydrogen) atoms. The number of amides is 1. The topological polar surface area (TPSA) is 88.2 Å².